The normalized spacial score (nSPS) is 27.7. The fraction of sp³-hybridized carbons (Fsp3) is 0.333. The number of rotatable bonds is 3. The van der Waals surface area contributed by atoms with Gasteiger partial charge in [0.05, 0.1) is 5.69 Å². The van der Waals surface area contributed by atoms with Gasteiger partial charge in [0, 0.05) is 11.5 Å². The van der Waals surface area contributed by atoms with Gasteiger partial charge in [-0.15, -0.1) is 0 Å². The molecule has 0 amide bonds. The summed E-state index contributed by atoms with van der Waals surface area (Å²) in [6.07, 6.45) is 3.06. The molecule has 0 aliphatic heterocycles. The minimum atomic E-state index is 0.588. The topological polar surface area (TPSA) is 45.8 Å². The molecule has 3 atom stereocenters. The van der Waals surface area contributed by atoms with E-state index >= 15 is 0 Å². The highest BCUT2D eigenvalue weighted by Crippen LogP contribution is 2.62. The molecular formula is C15H14N2O. The minimum Gasteiger partial charge on any atom is -0.296 e. The van der Waals surface area contributed by atoms with Crippen molar-refractivity contribution >= 4 is 6.29 Å². The van der Waals surface area contributed by atoms with Crippen molar-refractivity contribution in [3.63, 3.8) is 0 Å². The van der Waals surface area contributed by atoms with E-state index in [1.54, 1.807) is 0 Å². The quantitative estimate of drug-likeness (QED) is 0.834. The Kier molecular flexibility index (Phi) is 1.98. The number of aromatic nitrogens is 2. The summed E-state index contributed by atoms with van der Waals surface area (Å²) in [6, 6.07) is 10.6. The molecule has 3 nitrogen and oxygen atoms in total. The van der Waals surface area contributed by atoms with Gasteiger partial charge in [0.15, 0.2) is 6.29 Å². The lowest BCUT2D eigenvalue weighted by Crippen LogP contribution is -1.98. The summed E-state index contributed by atoms with van der Waals surface area (Å²) in [4.78, 5) is 10.9. The maximum atomic E-state index is 10.9. The molecule has 0 bridgehead atoms. The number of benzene rings is 1. The molecule has 1 N–H and O–H groups in total. The van der Waals surface area contributed by atoms with Gasteiger partial charge in [-0.05, 0) is 30.2 Å². The maximum absolute atomic E-state index is 10.9. The SMILES string of the molecule is O=Cc1[nH]nc2c1C[C@H]1[C@H](Cc3ccccc3)[C@@H]21. The van der Waals surface area contributed by atoms with E-state index in [-0.39, 0.29) is 0 Å². The van der Waals surface area contributed by atoms with Gasteiger partial charge in [-0.25, -0.2) is 0 Å². The number of hydrogen-bond donors (Lipinski definition) is 1. The summed E-state index contributed by atoms with van der Waals surface area (Å²) in [6.45, 7) is 0. The van der Waals surface area contributed by atoms with Crippen LogP contribution in [0.25, 0.3) is 0 Å². The summed E-state index contributed by atoms with van der Waals surface area (Å²) in [5.74, 6) is 2.03. The largest absolute Gasteiger partial charge is 0.296 e. The van der Waals surface area contributed by atoms with Crippen molar-refractivity contribution in [3.05, 3.63) is 52.8 Å². The van der Waals surface area contributed by atoms with Gasteiger partial charge in [0.1, 0.15) is 5.69 Å². The van der Waals surface area contributed by atoms with Crippen molar-refractivity contribution in [3.8, 4) is 0 Å². The van der Waals surface area contributed by atoms with Gasteiger partial charge in [-0.2, -0.15) is 5.10 Å². The van der Waals surface area contributed by atoms with Crippen molar-refractivity contribution in [1.29, 1.82) is 0 Å². The lowest BCUT2D eigenvalue weighted by Gasteiger charge is -2.03. The predicted molar refractivity (Wildman–Crippen MR) is 67.5 cm³/mol. The number of fused-ring (bicyclic) bond motifs is 3. The van der Waals surface area contributed by atoms with Crippen molar-refractivity contribution in [1.82, 2.24) is 10.2 Å². The molecule has 2 aliphatic rings. The third-order valence-electron chi connectivity index (χ3n) is 4.45. The molecule has 90 valence electrons. The molecule has 1 aromatic heterocycles. The number of aldehydes is 1. The molecule has 0 saturated heterocycles. The Morgan fingerprint density at radius 2 is 2.17 bits per heavy atom. The van der Waals surface area contributed by atoms with E-state index in [9.17, 15) is 4.79 Å². The van der Waals surface area contributed by atoms with Crippen molar-refractivity contribution in [2.24, 2.45) is 11.8 Å². The third-order valence-corrected chi connectivity index (χ3v) is 4.45. The number of H-pyrrole nitrogens is 1. The van der Waals surface area contributed by atoms with E-state index in [4.69, 9.17) is 0 Å². The van der Waals surface area contributed by atoms with Crippen molar-refractivity contribution in [2.75, 3.05) is 0 Å². The predicted octanol–water partition coefficient (Wildman–Crippen LogP) is 2.35. The number of nitrogens with one attached hydrogen (secondary N) is 1. The van der Waals surface area contributed by atoms with Gasteiger partial charge in [-0.3, -0.25) is 9.89 Å². The average molecular weight is 238 g/mol. The molecule has 2 aromatic rings. The van der Waals surface area contributed by atoms with Gasteiger partial charge in [0.2, 0.25) is 0 Å². The highest BCUT2D eigenvalue weighted by molar-refractivity contribution is 5.75. The van der Waals surface area contributed by atoms with Gasteiger partial charge < -0.3 is 0 Å². The Balaban J connectivity index is 1.56. The first-order valence-corrected chi connectivity index (χ1v) is 6.44. The van der Waals surface area contributed by atoms with Crippen LogP contribution in [0.1, 0.15) is 33.2 Å². The Bertz CT molecular complexity index is 602. The zero-order valence-electron chi connectivity index (χ0n) is 9.97. The second-order valence-electron chi connectivity index (χ2n) is 5.37. The third kappa shape index (κ3) is 1.30. The number of hydrogen-bond acceptors (Lipinski definition) is 2. The van der Waals surface area contributed by atoms with Gasteiger partial charge in [0.25, 0.3) is 0 Å². The van der Waals surface area contributed by atoms with E-state index in [0.717, 1.165) is 36.7 Å². The molecule has 1 aromatic carbocycles. The van der Waals surface area contributed by atoms with Crippen LogP contribution in [0.2, 0.25) is 0 Å². The van der Waals surface area contributed by atoms with E-state index in [0.29, 0.717) is 11.6 Å². The van der Waals surface area contributed by atoms with E-state index in [1.807, 2.05) is 0 Å². The van der Waals surface area contributed by atoms with Crippen LogP contribution in [0.15, 0.2) is 30.3 Å². The van der Waals surface area contributed by atoms with Crippen LogP contribution >= 0.6 is 0 Å². The van der Waals surface area contributed by atoms with Crippen LogP contribution in [0.5, 0.6) is 0 Å². The highest BCUT2D eigenvalue weighted by Gasteiger charge is 2.57. The maximum Gasteiger partial charge on any atom is 0.168 e. The lowest BCUT2D eigenvalue weighted by atomic mass is 10.0. The standard InChI is InChI=1S/C15H14N2O/c18-8-13-12-7-11-10(14(11)15(12)17-16-13)6-9-4-2-1-3-5-9/h1-5,8,10-11,14H,6-7H2,(H,16,17)/t10-,11-,14+/m0/s1. The van der Waals surface area contributed by atoms with E-state index in [1.165, 1.54) is 11.1 Å². The van der Waals surface area contributed by atoms with Crippen LogP contribution in [-0.2, 0) is 12.8 Å². The number of nitrogens with zero attached hydrogens (tertiary/aromatic N) is 1. The molecule has 1 saturated carbocycles. The summed E-state index contributed by atoms with van der Waals surface area (Å²) < 4.78 is 0. The molecule has 3 heteroatoms. The Hall–Kier alpha value is -1.90. The van der Waals surface area contributed by atoms with E-state index in [2.05, 4.69) is 40.5 Å². The van der Waals surface area contributed by atoms with E-state index < -0.39 is 0 Å². The van der Waals surface area contributed by atoms with Crippen LogP contribution in [-0.4, -0.2) is 16.5 Å². The number of aromatic amines is 1. The molecule has 1 heterocycles. The second-order valence-corrected chi connectivity index (χ2v) is 5.37. The first-order chi connectivity index (χ1) is 8.88. The molecule has 1 fully saturated rings. The molecule has 0 spiro atoms. The first-order valence-electron chi connectivity index (χ1n) is 6.44. The van der Waals surface area contributed by atoms with Gasteiger partial charge in [-0.1, -0.05) is 30.3 Å². The molecule has 4 rings (SSSR count). The zero-order chi connectivity index (χ0) is 12.1. The minimum absolute atomic E-state index is 0.588. The molecule has 0 unspecified atom stereocenters. The zero-order valence-corrected chi connectivity index (χ0v) is 9.97. The average Bonchev–Trinajstić information content (AvgIpc) is 2.77. The van der Waals surface area contributed by atoms with Crippen molar-refractivity contribution in [2.45, 2.75) is 18.8 Å². The fourth-order valence-corrected chi connectivity index (χ4v) is 3.51. The highest BCUT2D eigenvalue weighted by atomic mass is 16.1. The lowest BCUT2D eigenvalue weighted by molar-refractivity contribution is 0.111. The Labute approximate surface area is 105 Å². The smallest absolute Gasteiger partial charge is 0.168 e. The summed E-state index contributed by atoms with van der Waals surface area (Å²) in [7, 11) is 0. The Morgan fingerprint density at radius 3 is 2.94 bits per heavy atom. The molecule has 2 aliphatic carbocycles. The summed E-state index contributed by atoms with van der Waals surface area (Å²) >= 11 is 0. The summed E-state index contributed by atoms with van der Waals surface area (Å²) in [5, 5.41) is 7.18. The molecule has 18 heavy (non-hydrogen) atoms. The van der Waals surface area contributed by atoms with Crippen LogP contribution in [0.3, 0.4) is 0 Å². The Morgan fingerprint density at radius 1 is 1.33 bits per heavy atom. The fourth-order valence-electron chi connectivity index (χ4n) is 3.51. The van der Waals surface area contributed by atoms with Crippen LogP contribution in [0, 0.1) is 11.8 Å². The first kappa shape index (κ1) is 10.1. The summed E-state index contributed by atoms with van der Waals surface area (Å²) in [5.41, 5.74) is 4.42. The van der Waals surface area contributed by atoms with Gasteiger partial charge >= 0.3 is 0 Å². The van der Waals surface area contributed by atoms with Crippen LogP contribution < -0.4 is 0 Å². The molecular weight excluding hydrogens is 224 g/mol. The molecule has 0 radical (unpaired) electrons. The van der Waals surface area contributed by atoms with Crippen LogP contribution in [0.4, 0.5) is 0 Å². The monoisotopic (exact) mass is 238 g/mol. The van der Waals surface area contributed by atoms with Crippen molar-refractivity contribution < 1.29 is 4.79 Å². The number of carbonyl (C=O) groups is 1. The number of carbonyl (C=O) groups excluding carboxylic acids is 1. The second kappa shape index (κ2) is 3.55.